The minimum absolute atomic E-state index is 0.0722. The van der Waals surface area contributed by atoms with Crippen molar-refractivity contribution in [1.82, 2.24) is 0 Å². The SMILES string of the molecule is Cc1ccc([C@H]2[C@@H]3C[NH+](C)CC=C3[C@@H](C#N)C(=N)C2(C#N)C#N)c(C)c1. The second kappa shape index (κ2) is 6.41. The van der Waals surface area contributed by atoms with E-state index >= 15 is 0 Å². The van der Waals surface area contributed by atoms with Gasteiger partial charge in [-0.1, -0.05) is 23.8 Å². The smallest absolute Gasteiger partial charge is 0.189 e. The molecule has 1 heterocycles. The van der Waals surface area contributed by atoms with Crippen molar-refractivity contribution < 1.29 is 4.90 Å². The summed E-state index contributed by atoms with van der Waals surface area (Å²) in [5.74, 6) is -1.31. The maximum Gasteiger partial charge on any atom is 0.189 e. The van der Waals surface area contributed by atoms with E-state index in [1.807, 2.05) is 32.1 Å². The quantitative estimate of drug-likeness (QED) is 0.758. The highest BCUT2D eigenvalue weighted by Gasteiger charge is 2.58. The lowest BCUT2D eigenvalue weighted by atomic mass is 9.54. The number of nitrogens with one attached hydrogen (secondary N) is 2. The number of rotatable bonds is 1. The molecule has 26 heavy (non-hydrogen) atoms. The van der Waals surface area contributed by atoms with E-state index in [0.29, 0.717) is 0 Å². The van der Waals surface area contributed by atoms with Crippen molar-refractivity contribution in [3.8, 4) is 18.2 Å². The number of quaternary nitrogens is 1. The van der Waals surface area contributed by atoms with E-state index < -0.39 is 17.3 Å². The van der Waals surface area contributed by atoms with Crippen molar-refractivity contribution in [3.63, 3.8) is 0 Å². The number of nitriles is 3. The van der Waals surface area contributed by atoms with Crippen LogP contribution in [0.4, 0.5) is 0 Å². The predicted octanol–water partition coefficient (Wildman–Crippen LogP) is 1.66. The van der Waals surface area contributed by atoms with Crippen LogP contribution in [0.5, 0.6) is 0 Å². The number of hydrogen-bond donors (Lipinski definition) is 2. The lowest BCUT2D eigenvalue weighted by Gasteiger charge is -2.46. The van der Waals surface area contributed by atoms with Gasteiger partial charge in [-0.2, -0.15) is 15.8 Å². The zero-order chi connectivity index (χ0) is 19.1. The first-order valence-corrected chi connectivity index (χ1v) is 8.79. The Morgan fingerprint density at radius 3 is 2.46 bits per heavy atom. The van der Waals surface area contributed by atoms with Crippen LogP contribution in [-0.4, -0.2) is 25.8 Å². The van der Waals surface area contributed by atoms with Gasteiger partial charge in [-0.15, -0.1) is 0 Å². The second-order valence-electron chi connectivity index (χ2n) is 7.52. The first kappa shape index (κ1) is 17.9. The highest BCUT2D eigenvalue weighted by molar-refractivity contribution is 6.00. The molecule has 130 valence electrons. The van der Waals surface area contributed by atoms with Crippen LogP contribution in [0.25, 0.3) is 0 Å². The summed E-state index contributed by atoms with van der Waals surface area (Å²) < 4.78 is 0. The first-order chi connectivity index (χ1) is 12.4. The number of aryl methyl sites for hydroxylation is 2. The zero-order valence-corrected chi connectivity index (χ0v) is 15.3. The van der Waals surface area contributed by atoms with Crippen molar-refractivity contribution in [1.29, 1.82) is 21.2 Å². The van der Waals surface area contributed by atoms with E-state index in [0.717, 1.165) is 35.4 Å². The van der Waals surface area contributed by atoms with Crippen molar-refractivity contribution >= 4 is 5.71 Å². The van der Waals surface area contributed by atoms with Crippen LogP contribution in [-0.2, 0) is 0 Å². The minimum Gasteiger partial charge on any atom is -0.334 e. The van der Waals surface area contributed by atoms with Crippen LogP contribution in [0.15, 0.2) is 29.8 Å². The fourth-order valence-electron chi connectivity index (χ4n) is 4.57. The molecule has 1 unspecified atom stereocenters. The van der Waals surface area contributed by atoms with Crippen LogP contribution >= 0.6 is 0 Å². The summed E-state index contributed by atoms with van der Waals surface area (Å²) in [6.45, 7) is 5.55. The Kier molecular flexibility index (Phi) is 4.41. The minimum atomic E-state index is -1.61. The fourth-order valence-corrected chi connectivity index (χ4v) is 4.57. The van der Waals surface area contributed by atoms with Gasteiger partial charge in [-0.25, -0.2) is 0 Å². The number of nitrogens with zero attached hydrogens (tertiary/aromatic N) is 3. The summed E-state index contributed by atoms with van der Waals surface area (Å²) in [4.78, 5) is 1.28. The Labute approximate surface area is 154 Å². The molecule has 2 aliphatic rings. The van der Waals surface area contributed by atoms with Crippen molar-refractivity contribution in [2.75, 3.05) is 20.1 Å². The Hall–Kier alpha value is -2.94. The lowest BCUT2D eigenvalue weighted by Crippen LogP contribution is -3.10. The largest absolute Gasteiger partial charge is 0.334 e. The summed E-state index contributed by atoms with van der Waals surface area (Å²) in [6.07, 6.45) is 2.04. The molecule has 5 heteroatoms. The van der Waals surface area contributed by atoms with Gasteiger partial charge in [-0.3, -0.25) is 0 Å². The van der Waals surface area contributed by atoms with Gasteiger partial charge in [0.25, 0.3) is 0 Å². The molecular weight excluding hydrogens is 322 g/mol. The molecule has 0 radical (unpaired) electrons. The normalized spacial score (nSPS) is 29.5. The van der Waals surface area contributed by atoms with Gasteiger partial charge < -0.3 is 10.3 Å². The van der Waals surface area contributed by atoms with Gasteiger partial charge in [0.2, 0.25) is 0 Å². The molecule has 0 spiro atoms. The average molecular weight is 344 g/mol. The second-order valence-corrected chi connectivity index (χ2v) is 7.52. The average Bonchev–Trinajstić information content (AvgIpc) is 2.62. The van der Waals surface area contributed by atoms with E-state index in [2.05, 4.69) is 31.3 Å². The van der Waals surface area contributed by atoms with Gasteiger partial charge in [0.15, 0.2) is 5.41 Å². The van der Waals surface area contributed by atoms with E-state index in [1.54, 1.807) is 0 Å². The Balaban J connectivity index is 2.30. The molecule has 0 amide bonds. The third kappa shape index (κ3) is 2.43. The van der Waals surface area contributed by atoms with Crippen molar-refractivity contribution in [3.05, 3.63) is 46.5 Å². The molecule has 1 aliphatic heterocycles. The maximum absolute atomic E-state index is 10.0. The molecule has 1 aromatic rings. The zero-order valence-electron chi connectivity index (χ0n) is 15.3. The molecule has 1 aliphatic carbocycles. The maximum atomic E-state index is 10.0. The van der Waals surface area contributed by atoms with Gasteiger partial charge in [0, 0.05) is 11.8 Å². The topological polar surface area (TPSA) is 99.7 Å². The standard InChI is InChI=1S/C21H21N5/c1-13-4-5-15(14(2)8-13)19-18-10-26(3)7-6-16(18)17(9-22)20(25)21(19,11-23)12-24/h4-6,8,17-19,25H,7,10H2,1-3H3/p+1/t17-,18-,19+/m1/s1. The summed E-state index contributed by atoms with van der Waals surface area (Å²) in [6, 6.07) is 12.5. The van der Waals surface area contributed by atoms with Gasteiger partial charge in [-0.05, 0) is 36.6 Å². The third-order valence-electron chi connectivity index (χ3n) is 5.84. The Morgan fingerprint density at radius 1 is 1.19 bits per heavy atom. The monoisotopic (exact) mass is 344 g/mol. The number of benzene rings is 1. The summed E-state index contributed by atoms with van der Waals surface area (Å²) in [7, 11) is 2.08. The molecule has 4 atom stereocenters. The molecule has 0 aromatic heterocycles. The third-order valence-corrected chi connectivity index (χ3v) is 5.84. The molecule has 0 saturated heterocycles. The molecule has 5 nitrogen and oxygen atoms in total. The fraction of sp³-hybridized carbons (Fsp3) is 0.429. The number of fused-ring (bicyclic) bond motifs is 1. The summed E-state index contributed by atoms with van der Waals surface area (Å²) in [5.41, 5.74) is 2.31. The van der Waals surface area contributed by atoms with Gasteiger partial charge >= 0.3 is 0 Å². The molecular formula is C21H22N5+. The Morgan fingerprint density at radius 2 is 1.88 bits per heavy atom. The highest BCUT2D eigenvalue weighted by atomic mass is 15.1. The van der Waals surface area contributed by atoms with Crippen molar-refractivity contribution in [2.24, 2.45) is 17.3 Å². The summed E-state index contributed by atoms with van der Waals surface area (Å²) >= 11 is 0. The van der Waals surface area contributed by atoms with E-state index in [-0.39, 0.29) is 11.6 Å². The number of hydrogen-bond acceptors (Lipinski definition) is 4. The van der Waals surface area contributed by atoms with E-state index in [1.165, 1.54) is 4.90 Å². The van der Waals surface area contributed by atoms with Crippen LogP contribution in [0.3, 0.4) is 0 Å². The first-order valence-electron chi connectivity index (χ1n) is 8.79. The molecule has 1 saturated carbocycles. The summed E-state index contributed by atoms with van der Waals surface area (Å²) in [5, 5.41) is 38.3. The predicted molar refractivity (Wildman–Crippen MR) is 97.3 cm³/mol. The van der Waals surface area contributed by atoms with Crippen LogP contribution in [0.2, 0.25) is 0 Å². The molecule has 0 bridgehead atoms. The van der Waals surface area contributed by atoms with Crippen LogP contribution < -0.4 is 4.90 Å². The van der Waals surface area contributed by atoms with E-state index in [4.69, 9.17) is 5.41 Å². The van der Waals surface area contributed by atoms with Gasteiger partial charge in [0.1, 0.15) is 5.92 Å². The van der Waals surface area contributed by atoms with Crippen LogP contribution in [0, 0.1) is 70.5 Å². The highest BCUT2D eigenvalue weighted by Crippen LogP contribution is 2.52. The van der Waals surface area contributed by atoms with Crippen molar-refractivity contribution in [2.45, 2.75) is 19.8 Å². The molecule has 1 fully saturated rings. The van der Waals surface area contributed by atoms with E-state index in [9.17, 15) is 15.8 Å². The molecule has 2 N–H and O–H groups in total. The number of likely N-dealkylation sites (N-methyl/N-ethyl adjacent to an activating group) is 1. The molecule has 1 aromatic carbocycles. The molecule has 3 rings (SSSR count). The van der Waals surface area contributed by atoms with Crippen LogP contribution in [0.1, 0.15) is 22.6 Å². The Bertz CT molecular complexity index is 907. The lowest BCUT2D eigenvalue weighted by molar-refractivity contribution is -0.878. The van der Waals surface area contributed by atoms with Gasteiger partial charge in [0.05, 0.1) is 44.1 Å².